The Bertz CT molecular complexity index is 342. The molecule has 0 aromatic heterocycles. The third-order valence-electron chi connectivity index (χ3n) is 1.75. The molecule has 0 aliphatic rings. The number of aromatic hydroxyl groups is 1. The number of carbonyl (C=O) groups is 1. The molecule has 6 heteroatoms. The van der Waals surface area contributed by atoms with Crippen molar-refractivity contribution in [1.29, 1.82) is 0 Å². The molecule has 0 fully saturated rings. The second-order valence-electron chi connectivity index (χ2n) is 3.05. The van der Waals surface area contributed by atoms with Gasteiger partial charge in [0.2, 0.25) is 0 Å². The highest BCUT2D eigenvalue weighted by atomic mass is 16.7. The van der Waals surface area contributed by atoms with Crippen molar-refractivity contribution in [2.24, 2.45) is 5.73 Å². The van der Waals surface area contributed by atoms with Crippen LogP contribution in [0.5, 0.6) is 5.75 Å². The molecule has 6 nitrogen and oxygen atoms in total. The molecule has 0 heterocycles. The molecule has 0 aliphatic carbocycles. The van der Waals surface area contributed by atoms with E-state index in [0.29, 0.717) is 5.56 Å². The third-order valence-corrected chi connectivity index (χ3v) is 1.75. The molecule has 0 bridgehead atoms. The number of aliphatic hydroxyl groups excluding tert-OH is 1. The van der Waals surface area contributed by atoms with Gasteiger partial charge in [0, 0.05) is 6.54 Å². The molecule has 0 spiro atoms. The highest BCUT2D eigenvalue weighted by Gasteiger charge is 2.03. The van der Waals surface area contributed by atoms with E-state index >= 15 is 0 Å². The molecule has 1 unspecified atom stereocenters. The molecule has 1 rings (SSSR count). The van der Waals surface area contributed by atoms with Crippen molar-refractivity contribution in [2.75, 3.05) is 13.2 Å². The Morgan fingerprint density at radius 1 is 1.53 bits per heavy atom. The number of ether oxygens (including phenoxy) is 1. The fraction of sp³-hybridized carbons (Fsp3) is 0.364. The van der Waals surface area contributed by atoms with Gasteiger partial charge >= 0.3 is 6.16 Å². The van der Waals surface area contributed by atoms with Gasteiger partial charge in [0.15, 0.2) is 0 Å². The van der Waals surface area contributed by atoms with Crippen molar-refractivity contribution in [1.82, 2.24) is 0 Å². The second-order valence-corrected chi connectivity index (χ2v) is 3.05. The molecular weight excluding hydrogens is 226 g/mol. The molecule has 0 aliphatic heterocycles. The summed E-state index contributed by atoms with van der Waals surface area (Å²) in [5.41, 5.74) is 5.87. The number of hydrogen-bond donors (Lipinski definition) is 4. The second kappa shape index (κ2) is 8.37. The van der Waals surface area contributed by atoms with Crippen LogP contribution >= 0.6 is 0 Å². The Kier molecular flexibility index (Phi) is 7.49. The minimum absolute atomic E-state index is 0.148. The predicted octanol–water partition coefficient (Wildman–Crippen LogP) is 1.09. The summed E-state index contributed by atoms with van der Waals surface area (Å²) in [4.78, 5) is 9.38. The average molecular weight is 243 g/mol. The molecule has 0 radical (unpaired) electrons. The molecule has 0 amide bonds. The zero-order chi connectivity index (χ0) is 13.3. The molecule has 0 saturated carbocycles. The Morgan fingerprint density at radius 2 is 2.18 bits per heavy atom. The van der Waals surface area contributed by atoms with E-state index in [4.69, 9.17) is 15.9 Å². The van der Waals surface area contributed by atoms with Crippen molar-refractivity contribution in [2.45, 2.75) is 13.0 Å². The molecular formula is C11H17NO5. The molecule has 5 N–H and O–H groups in total. The van der Waals surface area contributed by atoms with Crippen LogP contribution < -0.4 is 5.73 Å². The van der Waals surface area contributed by atoms with Crippen LogP contribution in [0, 0.1) is 0 Å². The smallest absolute Gasteiger partial charge is 0.505 e. The topological polar surface area (TPSA) is 113 Å². The monoisotopic (exact) mass is 243 g/mol. The summed E-state index contributed by atoms with van der Waals surface area (Å²) in [5, 5.41) is 25.9. The Morgan fingerprint density at radius 3 is 2.53 bits per heavy atom. The normalized spacial score (nSPS) is 11.0. The fourth-order valence-corrected chi connectivity index (χ4v) is 0.992. The maximum absolute atomic E-state index is 9.38. The maximum Gasteiger partial charge on any atom is 0.505 e. The highest BCUT2D eigenvalue weighted by Crippen LogP contribution is 2.16. The lowest BCUT2D eigenvalue weighted by molar-refractivity contribution is 0.0966. The fourth-order valence-electron chi connectivity index (χ4n) is 0.992. The zero-order valence-corrected chi connectivity index (χ0v) is 9.54. The first kappa shape index (κ1) is 15.2. The van der Waals surface area contributed by atoms with Crippen LogP contribution in [0.2, 0.25) is 0 Å². The molecule has 0 saturated heterocycles. The van der Waals surface area contributed by atoms with Gasteiger partial charge in [-0.15, -0.1) is 0 Å². The minimum atomic E-state index is -1.21. The zero-order valence-electron chi connectivity index (χ0n) is 9.54. The summed E-state index contributed by atoms with van der Waals surface area (Å²) in [6.45, 7) is 2.02. The lowest BCUT2D eigenvalue weighted by Gasteiger charge is -2.06. The molecule has 1 aromatic rings. The van der Waals surface area contributed by atoms with Crippen LogP contribution in [0.15, 0.2) is 24.3 Å². The lowest BCUT2D eigenvalue weighted by atomic mass is 10.1. The predicted molar refractivity (Wildman–Crippen MR) is 61.8 cm³/mol. The lowest BCUT2D eigenvalue weighted by Crippen LogP contribution is -2.11. The number of carboxylic acid groups (broad SMARTS) is 1. The van der Waals surface area contributed by atoms with E-state index < -0.39 is 12.3 Å². The van der Waals surface area contributed by atoms with E-state index in [-0.39, 0.29) is 18.9 Å². The highest BCUT2D eigenvalue weighted by molar-refractivity contribution is 5.56. The van der Waals surface area contributed by atoms with E-state index in [1.54, 1.807) is 25.1 Å². The molecule has 1 aromatic carbocycles. The Labute approximate surface area is 99.3 Å². The van der Waals surface area contributed by atoms with Gasteiger partial charge in [-0.3, -0.25) is 0 Å². The first-order valence-corrected chi connectivity index (χ1v) is 5.04. The summed E-state index contributed by atoms with van der Waals surface area (Å²) in [6, 6.07) is 6.44. The van der Waals surface area contributed by atoms with E-state index in [0.717, 1.165) is 0 Å². The molecule has 96 valence electrons. The van der Waals surface area contributed by atoms with E-state index in [1.807, 2.05) is 0 Å². The average Bonchev–Trinajstić information content (AvgIpc) is 2.28. The van der Waals surface area contributed by atoms with E-state index in [9.17, 15) is 9.90 Å². The number of nitrogens with two attached hydrogens (primary N) is 1. The Balaban J connectivity index is 0.000000366. The summed E-state index contributed by atoms with van der Waals surface area (Å²) in [5.74, 6) is 0.148. The van der Waals surface area contributed by atoms with Gasteiger partial charge in [-0.1, -0.05) is 12.1 Å². The van der Waals surface area contributed by atoms with Gasteiger partial charge in [0.1, 0.15) is 5.75 Å². The van der Waals surface area contributed by atoms with Crippen LogP contribution in [-0.2, 0) is 4.74 Å². The van der Waals surface area contributed by atoms with Crippen LogP contribution in [0.1, 0.15) is 18.6 Å². The van der Waals surface area contributed by atoms with Gasteiger partial charge in [-0.2, -0.15) is 0 Å². The van der Waals surface area contributed by atoms with Crippen LogP contribution in [0.4, 0.5) is 4.79 Å². The van der Waals surface area contributed by atoms with E-state index in [2.05, 4.69) is 4.74 Å². The van der Waals surface area contributed by atoms with Gasteiger partial charge in [0.25, 0.3) is 0 Å². The van der Waals surface area contributed by atoms with Gasteiger partial charge in [0.05, 0.1) is 12.7 Å². The summed E-state index contributed by atoms with van der Waals surface area (Å²) in [7, 11) is 0. The quantitative estimate of drug-likeness (QED) is 0.591. The van der Waals surface area contributed by atoms with Crippen LogP contribution in [0.25, 0.3) is 0 Å². The SMILES string of the molecule is CCOC(=O)O.NCC(O)c1cccc(O)c1. The van der Waals surface area contributed by atoms with Crippen LogP contribution in [0.3, 0.4) is 0 Å². The number of benzene rings is 1. The Hall–Kier alpha value is -1.79. The maximum atomic E-state index is 9.38. The van der Waals surface area contributed by atoms with Crippen molar-refractivity contribution in [3.05, 3.63) is 29.8 Å². The number of phenolic OH excluding ortho intramolecular Hbond substituents is 1. The van der Waals surface area contributed by atoms with E-state index in [1.165, 1.54) is 6.07 Å². The number of hydrogen-bond acceptors (Lipinski definition) is 5. The minimum Gasteiger partial charge on any atom is -0.508 e. The van der Waals surface area contributed by atoms with Crippen molar-refractivity contribution >= 4 is 6.16 Å². The van der Waals surface area contributed by atoms with Crippen LogP contribution in [-0.4, -0.2) is 34.6 Å². The van der Waals surface area contributed by atoms with Gasteiger partial charge < -0.3 is 25.8 Å². The van der Waals surface area contributed by atoms with Gasteiger partial charge in [-0.25, -0.2) is 4.79 Å². The first-order valence-electron chi connectivity index (χ1n) is 5.04. The standard InChI is InChI=1S/C8H11NO2.C3H6O3/c9-5-8(11)6-2-1-3-7(10)4-6;1-2-6-3(4)5/h1-4,8,10-11H,5,9H2;2H2,1H3,(H,4,5). The number of aliphatic hydroxyl groups is 1. The van der Waals surface area contributed by atoms with Gasteiger partial charge in [-0.05, 0) is 24.6 Å². The largest absolute Gasteiger partial charge is 0.508 e. The first-order chi connectivity index (χ1) is 8.01. The van der Waals surface area contributed by atoms with Crippen molar-refractivity contribution in [3.63, 3.8) is 0 Å². The number of phenols is 1. The summed E-state index contributed by atoms with van der Waals surface area (Å²) in [6.07, 6.45) is -1.89. The molecule has 17 heavy (non-hydrogen) atoms. The third kappa shape index (κ3) is 7.15. The van der Waals surface area contributed by atoms with Crippen molar-refractivity contribution < 1.29 is 24.9 Å². The number of rotatable bonds is 3. The molecule has 1 atom stereocenters. The summed E-state index contributed by atoms with van der Waals surface area (Å²) < 4.78 is 3.96. The summed E-state index contributed by atoms with van der Waals surface area (Å²) >= 11 is 0. The van der Waals surface area contributed by atoms with Crippen molar-refractivity contribution in [3.8, 4) is 5.75 Å².